The Bertz CT molecular complexity index is 1150. The number of benzene rings is 1. The first-order valence-electron chi connectivity index (χ1n) is 8.28. The second-order valence-electron chi connectivity index (χ2n) is 5.80. The summed E-state index contributed by atoms with van der Waals surface area (Å²) in [5.41, 5.74) is 2.29. The molecule has 4 rings (SSSR count). The molecule has 1 amide bonds. The molecule has 28 heavy (non-hydrogen) atoms. The predicted octanol–water partition coefficient (Wildman–Crippen LogP) is 3.43. The summed E-state index contributed by atoms with van der Waals surface area (Å²) in [4.78, 5) is 25.2. The van der Waals surface area contributed by atoms with Crippen LogP contribution in [0.15, 0.2) is 47.0 Å². The fourth-order valence-corrected chi connectivity index (χ4v) is 3.36. The van der Waals surface area contributed by atoms with E-state index < -0.39 is 16.7 Å². The van der Waals surface area contributed by atoms with Gasteiger partial charge in [0.1, 0.15) is 4.92 Å². The number of carbonyl (C=O) groups excluding carboxylic acids is 1. The molecule has 0 bridgehead atoms. The molecule has 0 radical (unpaired) electrons. The highest BCUT2D eigenvalue weighted by molar-refractivity contribution is 7.19. The molecule has 4 aromatic rings. The summed E-state index contributed by atoms with van der Waals surface area (Å²) in [6, 6.07) is 10.4. The molecule has 3 N–H and O–H groups in total. The summed E-state index contributed by atoms with van der Waals surface area (Å²) in [5.74, 6) is -1.30. The lowest BCUT2D eigenvalue weighted by atomic mass is 10.1. The first-order valence-corrected chi connectivity index (χ1v) is 9.10. The molecule has 0 aliphatic heterocycles. The predicted molar refractivity (Wildman–Crippen MR) is 104 cm³/mol. The van der Waals surface area contributed by atoms with Gasteiger partial charge in [0.25, 0.3) is 5.91 Å². The first-order chi connectivity index (χ1) is 13.6. The van der Waals surface area contributed by atoms with Gasteiger partial charge in [-0.3, -0.25) is 20.2 Å². The zero-order valence-electron chi connectivity index (χ0n) is 14.3. The second kappa shape index (κ2) is 7.48. The number of anilines is 2. The van der Waals surface area contributed by atoms with E-state index in [2.05, 4.69) is 31.9 Å². The Morgan fingerprint density at radius 3 is 2.86 bits per heavy atom. The maximum atomic E-state index is 12.0. The Morgan fingerprint density at radius 1 is 1.21 bits per heavy atom. The molecule has 10 nitrogen and oxygen atoms in total. The maximum absolute atomic E-state index is 12.0. The lowest BCUT2D eigenvalue weighted by Gasteiger charge is -2.01. The van der Waals surface area contributed by atoms with Crippen LogP contribution in [0.25, 0.3) is 10.9 Å². The van der Waals surface area contributed by atoms with Crippen molar-refractivity contribution in [2.75, 3.05) is 17.2 Å². The second-order valence-corrected chi connectivity index (χ2v) is 6.78. The highest BCUT2D eigenvalue weighted by Gasteiger charge is 2.18. The fraction of sp³-hybridized carbons (Fsp3) is 0.118. The Morgan fingerprint density at radius 2 is 2.04 bits per heavy atom. The lowest BCUT2D eigenvalue weighted by molar-refractivity contribution is -0.402. The standard InChI is InChI=1S/C17H14N6O4S/c24-15(13-5-6-14(27-13)23(25)26)20-17-22-21-16(28-17)18-8-7-10-9-19-12-4-2-1-3-11(10)12/h1-6,9,19H,7-8H2,(H,18,21)(H,20,22,24). The van der Waals surface area contributed by atoms with Gasteiger partial charge in [0.15, 0.2) is 5.76 Å². The highest BCUT2D eigenvalue weighted by Crippen LogP contribution is 2.23. The van der Waals surface area contributed by atoms with Crippen LogP contribution in [0, 0.1) is 10.1 Å². The summed E-state index contributed by atoms with van der Waals surface area (Å²) < 4.78 is 4.85. The molecule has 0 fully saturated rings. The molecule has 1 aromatic carbocycles. The van der Waals surface area contributed by atoms with E-state index in [0.29, 0.717) is 11.7 Å². The molecule has 0 aliphatic carbocycles. The van der Waals surface area contributed by atoms with Gasteiger partial charge < -0.3 is 14.7 Å². The minimum absolute atomic E-state index is 0.171. The average molecular weight is 398 g/mol. The summed E-state index contributed by atoms with van der Waals surface area (Å²) in [7, 11) is 0. The van der Waals surface area contributed by atoms with Crippen LogP contribution < -0.4 is 10.6 Å². The molecule has 11 heteroatoms. The number of nitrogens with one attached hydrogen (secondary N) is 3. The molecule has 142 valence electrons. The van der Waals surface area contributed by atoms with Crippen molar-refractivity contribution in [3.05, 3.63) is 64.0 Å². The number of hydrogen-bond acceptors (Lipinski definition) is 8. The van der Waals surface area contributed by atoms with Gasteiger partial charge in [0.2, 0.25) is 10.3 Å². The van der Waals surface area contributed by atoms with Crippen LogP contribution in [0.4, 0.5) is 16.1 Å². The molecular weight excluding hydrogens is 384 g/mol. The van der Waals surface area contributed by atoms with Crippen molar-refractivity contribution in [3.63, 3.8) is 0 Å². The van der Waals surface area contributed by atoms with Crippen molar-refractivity contribution in [1.29, 1.82) is 0 Å². The van der Waals surface area contributed by atoms with Crippen LogP contribution >= 0.6 is 11.3 Å². The number of carbonyl (C=O) groups is 1. The van der Waals surface area contributed by atoms with Crippen molar-refractivity contribution in [2.24, 2.45) is 0 Å². The molecule has 3 heterocycles. The topological polar surface area (TPSA) is 139 Å². The summed E-state index contributed by atoms with van der Waals surface area (Å²) in [6.07, 6.45) is 2.78. The van der Waals surface area contributed by atoms with Crippen LogP contribution in [0.3, 0.4) is 0 Å². The Kier molecular flexibility index (Phi) is 4.72. The van der Waals surface area contributed by atoms with Crippen molar-refractivity contribution in [2.45, 2.75) is 6.42 Å². The molecule has 0 saturated heterocycles. The van der Waals surface area contributed by atoms with E-state index in [9.17, 15) is 14.9 Å². The van der Waals surface area contributed by atoms with Gasteiger partial charge in [-0.2, -0.15) is 0 Å². The van der Waals surface area contributed by atoms with Crippen LogP contribution in [0.1, 0.15) is 16.1 Å². The molecule has 0 unspecified atom stereocenters. The summed E-state index contributed by atoms with van der Waals surface area (Å²) in [5, 5.41) is 26.1. The minimum atomic E-state index is -0.711. The van der Waals surface area contributed by atoms with E-state index in [1.54, 1.807) is 0 Å². The number of nitrogens with zero attached hydrogens (tertiary/aromatic N) is 3. The molecule has 0 spiro atoms. The number of hydrogen-bond donors (Lipinski definition) is 3. The molecule has 3 aromatic heterocycles. The average Bonchev–Trinajstić information content (AvgIpc) is 3.42. The van der Waals surface area contributed by atoms with E-state index in [4.69, 9.17) is 4.42 Å². The fourth-order valence-electron chi connectivity index (χ4n) is 2.69. The van der Waals surface area contributed by atoms with E-state index >= 15 is 0 Å². The van der Waals surface area contributed by atoms with E-state index in [-0.39, 0.29) is 10.9 Å². The zero-order chi connectivity index (χ0) is 19.5. The quantitative estimate of drug-likeness (QED) is 0.320. The first kappa shape index (κ1) is 17.7. The number of rotatable bonds is 7. The van der Waals surface area contributed by atoms with Crippen molar-refractivity contribution in [1.82, 2.24) is 15.2 Å². The summed E-state index contributed by atoms with van der Waals surface area (Å²) >= 11 is 1.16. The Hall–Kier alpha value is -3.73. The Labute approximate surface area is 161 Å². The zero-order valence-corrected chi connectivity index (χ0v) is 15.2. The third-order valence-electron chi connectivity index (χ3n) is 3.99. The van der Waals surface area contributed by atoms with Gasteiger partial charge in [0, 0.05) is 23.6 Å². The number of aromatic amines is 1. The number of nitro groups is 1. The van der Waals surface area contributed by atoms with Crippen molar-refractivity contribution >= 4 is 44.3 Å². The van der Waals surface area contributed by atoms with Crippen LogP contribution in [-0.2, 0) is 6.42 Å². The number of para-hydroxylation sites is 1. The van der Waals surface area contributed by atoms with Crippen molar-refractivity contribution < 1.29 is 14.1 Å². The van der Waals surface area contributed by atoms with E-state index in [1.807, 2.05) is 24.4 Å². The monoisotopic (exact) mass is 398 g/mol. The third-order valence-corrected chi connectivity index (χ3v) is 4.78. The van der Waals surface area contributed by atoms with Gasteiger partial charge in [-0.1, -0.05) is 29.5 Å². The number of aromatic nitrogens is 3. The normalized spacial score (nSPS) is 10.9. The number of H-pyrrole nitrogens is 1. The Balaban J connectivity index is 1.32. The number of amides is 1. The van der Waals surface area contributed by atoms with E-state index in [0.717, 1.165) is 29.3 Å². The van der Waals surface area contributed by atoms with Gasteiger partial charge in [-0.15, -0.1) is 10.2 Å². The molecule has 0 atom stereocenters. The van der Waals surface area contributed by atoms with Crippen LogP contribution in [0.5, 0.6) is 0 Å². The van der Waals surface area contributed by atoms with Crippen molar-refractivity contribution in [3.8, 4) is 0 Å². The number of fused-ring (bicyclic) bond motifs is 1. The smallest absolute Gasteiger partial charge is 0.395 e. The minimum Gasteiger partial charge on any atom is -0.395 e. The van der Waals surface area contributed by atoms with Gasteiger partial charge in [-0.05, 0) is 24.1 Å². The van der Waals surface area contributed by atoms with Gasteiger partial charge in [-0.25, -0.2) is 0 Å². The van der Waals surface area contributed by atoms with Crippen LogP contribution in [-0.4, -0.2) is 32.6 Å². The lowest BCUT2D eigenvalue weighted by Crippen LogP contribution is -2.10. The maximum Gasteiger partial charge on any atom is 0.433 e. The molecule has 0 saturated carbocycles. The molecule has 0 aliphatic rings. The van der Waals surface area contributed by atoms with Gasteiger partial charge >= 0.3 is 5.88 Å². The highest BCUT2D eigenvalue weighted by atomic mass is 32.1. The SMILES string of the molecule is O=C(Nc1nnc(NCCc2c[nH]c3ccccc23)s1)c1ccc([N+](=O)[O-])o1. The third kappa shape index (κ3) is 3.69. The summed E-state index contributed by atoms with van der Waals surface area (Å²) in [6.45, 7) is 0.648. The molecular formula is C17H14N6O4S. The number of furan rings is 1. The largest absolute Gasteiger partial charge is 0.433 e. The van der Waals surface area contributed by atoms with Crippen LogP contribution in [0.2, 0.25) is 0 Å². The van der Waals surface area contributed by atoms with E-state index in [1.165, 1.54) is 17.0 Å². The van der Waals surface area contributed by atoms with Gasteiger partial charge in [0.05, 0.1) is 6.07 Å².